The van der Waals surface area contributed by atoms with Crippen LogP contribution in [-0.4, -0.2) is 43.9 Å². The van der Waals surface area contributed by atoms with E-state index in [-0.39, 0.29) is 25.0 Å². The van der Waals surface area contributed by atoms with Crippen LogP contribution in [0.1, 0.15) is 6.92 Å². The zero-order chi connectivity index (χ0) is 10.3. The minimum absolute atomic E-state index is 0.141. The van der Waals surface area contributed by atoms with Gasteiger partial charge in [0.05, 0.1) is 12.7 Å². The van der Waals surface area contributed by atoms with E-state index in [0.29, 0.717) is 6.54 Å². The maximum absolute atomic E-state index is 11.1. The summed E-state index contributed by atoms with van der Waals surface area (Å²) in [6, 6.07) is 0. The highest BCUT2D eigenvalue weighted by Crippen LogP contribution is 1.90. The van der Waals surface area contributed by atoms with Crippen LogP contribution in [0, 0.1) is 5.92 Å². The molecule has 5 heteroatoms. The smallest absolute Gasteiger partial charge is 0.224 e. The van der Waals surface area contributed by atoms with E-state index >= 15 is 0 Å². The minimum atomic E-state index is -0.654. The number of hydrogen-bond acceptors (Lipinski definition) is 4. The first-order chi connectivity index (χ1) is 6.11. The number of rotatable bonds is 6. The highest BCUT2D eigenvalue weighted by Gasteiger charge is 2.11. The van der Waals surface area contributed by atoms with Gasteiger partial charge in [0.2, 0.25) is 5.91 Å². The van der Waals surface area contributed by atoms with Crippen LogP contribution in [0.2, 0.25) is 0 Å². The average Bonchev–Trinajstić information content (AvgIpc) is 2.13. The fourth-order valence-electron chi connectivity index (χ4n) is 0.751. The molecule has 2 atom stereocenters. The highest BCUT2D eigenvalue weighted by molar-refractivity contribution is 5.78. The number of carbonyl (C=O) groups is 1. The number of aliphatic hydroxyl groups excluding tert-OH is 1. The second kappa shape index (κ2) is 6.82. The zero-order valence-electron chi connectivity index (χ0n) is 8.12. The van der Waals surface area contributed by atoms with Gasteiger partial charge in [-0.1, -0.05) is 6.92 Å². The van der Waals surface area contributed by atoms with E-state index in [4.69, 9.17) is 10.5 Å². The Morgan fingerprint density at radius 2 is 2.31 bits per heavy atom. The van der Waals surface area contributed by atoms with Crippen LogP contribution in [0.3, 0.4) is 0 Å². The summed E-state index contributed by atoms with van der Waals surface area (Å²) >= 11 is 0. The Balaban J connectivity index is 3.57. The lowest BCUT2D eigenvalue weighted by molar-refractivity contribution is -0.124. The number of hydrogen-bond donors (Lipinski definition) is 3. The molecule has 5 nitrogen and oxygen atoms in total. The van der Waals surface area contributed by atoms with Crippen LogP contribution in [0.15, 0.2) is 0 Å². The Kier molecular flexibility index (Phi) is 6.48. The van der Waals surface area contributed by atoms with Crippen LogP contribution in [-0.2, 0) is 9.53 Å². The van der Waals surface area contributed by atoms with E-state index < -0.39 is 6.10 Å². The fourth-order valence-corrected chi connectivity index (χ4v) is 0.751. The van der Waals surface area contributed by atoms with Crippen LogP contribution in [0.25, 0.3) is 0 Å². The monoisotopic (exact) mass is 190 g/mol. The van der Waals surface area contributed by atoms with Gasteiger partial charge in [-0.15, -0.1) is 0 Å². The first-order valence-corrected chi connectivity index (χ1v) is 4.26. The van der Waals surface area contributed by atoms with Crippen LogP contribution in [0.5, 0.6) is 0 Å². The second-order valence-corrected chi connectivity index (χ2v) is 2.99. The van der Waals surface area contributed by atoms with Crippen molar-refractivity contribution in [3.63, 3.8) is 0 Å². The third kappa shape index (κ3) is 5.57. The summed E-state index contributed by atoms with van der Waals surface area (Å²) in [7, 11) is 1.49. The SMILES string of the molecule is COCC(O)CNC(=O)C(C)CN. The van der Waals surface area contributed by atoms with Gasteiger partial charge >= 0.3 is 0 Å². The van der Waals surface area contributed by atoms with Crippen LogP contribution >= 0.6 is 0 Å². The van der Waals surface area contributed by atoms with Gasteiger partial charge in [0.25, 0.3) is 0 Å². The van der Waals surface area contributed by atoms with Crippen LogP contribution < -0.4 is 11.1 Å². The molecular formula is C8H18N2O3. The molecule has 0 radical (unpaired) electrons. The topological polar surface area (TPSA) is 84.6 Å². The van der Waals surface area contributed by atoms with Gasteiger partial charge < -0.3 is 20.9 Å². The van der Waals surface area contributed by atoms with Crippen LogP contribution in [0.4, 0.5) is 0 Å². The second-order valence-electron chi connectivity index (χ2n) is 2.99. The summed E-state index contributed by atoms with van der Waals surface area (Å²) in [5, 5.41) is 11.8. The molecule has 0 aliphatic rings. The molecule has 0 aliphatic heterocycles. The molecule has 13 heavy (non-hydrogen) atoms. The standard InChI is InChI=1S/C8H18N2O3/c1-6(3-9)8(12)10-4-7(11)5-13-2/h6-7,11H,3-5,9H2,1-2H3,(H,10,12). The number of amides is 1. The lowest BCUT2D eigenvalue weighted by Crippen LogP contribution is -2.39. The third-order valence-electron chi connectivity index (χ3n) is 1.67. The molecule has 0 heterocycles. The number of nitrogens with two attached hydrogens (primary N) is 1. The van der Waals surface area contributed by atoms with E-state index in [1.54, 1.807) is 6.92 Å². The van der Waals surface area contributed by atoms with E-state index in [1.807, 2.05) is 0 Å². The first-order valence-electron chi connectivity index (χ1n) is 4.26. The lowest BCUT2D eigenvalue weighted by atomic mass is 10.1. The van der Waals surface area contributed by atoms with Crippen molar-refractivity contribution in [3.8, 4) is 0 Å². The van der Waals surface area contributed by atoms with Crippen molar-refractivity contribution in [2.24, 2.45) is 11.7 Å². The first kappa shape index (κ1) is 12.3. The molecule has 0 aromatic heterocycles. The van der Waals surface area contributed by atoms with Gasteiger partial charge in [0.15, 0.2) is 0 Å². The summed E-state index contributed by atoms with van der Waals surface area (Å²) in [6.45, 7) is 2.47. The van der Waals surface area contributed by atoms with Gasteiger partial charge in [-0.25, -0.2) is 0 Å². The molecule has 0 bridgehead atoms. The van der Waals surface area contributed by atoms with Gasteiger partial charge in [-0.2, -0.15) is 0 Å². The molecule has 4 N–H and O–H groups in total. The number of ether oxygens (including phenoxy) is 1. The number of nitrogens with one attached hydrogen (secondary N) is 1. The molecule has 1 amide bonds. The van der Waals surface area contributed by atoms with Gasteiger partial charge in [-0.05, 0) is 0 Å². The Hall–Kier alpha value is -0.650. The van der Waals surface area contributed by atoms with Crippen molar-refractivity contribution < 1.29 is 14.6 Å². The van der Waals surface area contributed by atoms with Crippen molar-refractivity contribution in [1.29, 1.82) is 0 Å². The third-order valence-corrected chi connectivity index (χ3v) is 1.67. The van der Waals surface area contributed by atoms with Crippen molar-refractivity contribution in [3.05, 3.63) is 0 Å². The number of aliphatic hydroxyl groups is 1. The summed E-state index contributed by atoms with van der Waals surface area (Å²) in [5.41, 5.74) is 5.29. The van der Waals surface area contributed by atoms with Gasteiger partial charge in [-0.3, -0.25) is 4.79 Å². The average molecular weight is 190 g/mol. The fraction of sp³-hybridized carbons (Fsp3) is 0.875. The molecule has 78 valence electrons. The normalized spacial score (nSPS) is 15.1. The molecule has 0 rings (SSSR count). The maximum Gasteiger partial charge on any atom is 0.224 e. The summed E-state index contributed by atoms with van der Waals surface area (Å²) in [5.74, 6) is -0.354. The molecule has 0 aliphatic carbocycles. The van der Waals surface area contributed by atoms with E-state index in [9.17, 15) is 9.90 Å². The predicted molar refractivity (Wildman–Crippen MR) is 49.1 cm³/mol. The highest BCUT2D eigenvalue weighted by atomic mass is 16.5. The lowest BCUT2D eigenvalue weighted by Gasteiger charge is -2.13. The molecule has 0 spiro atoms. The molecule has 0 saturated heterocycles. The van der Waals surface area contributed by atoms with Crippen molar-refractivity contribution in [2.75, 3.05) is 26.8 Å². The molecule has 0 fully saturated rings. The van der Waals surface area contributed by atoms with E-state index in [2.05, 4.69) is 5.32 Å². The zero-order valence-corrected chi connectivity index (χ0v) is 8.12. The number of methoxy groups -OCH3 is 1. The minimum Gasteiger partial charge on any atom is -0.389 e. The van der Waals surface area contributed by atoms with Gasteiger partial charge in [0.1, 0.15) is 0 Å². The molecule has 2 unspecified atom stereocenters. The van der Waals surface area contributed by atoms with Crippen molar-refractivity contribution in [2.45, 2.75) is 13.0 Å². The molecule has 0 aromatic rings. The Morgan fingerprint density at radius 1 is 1.69 bits per heavy atom. The molecule has 0 saturated carbocycles. The molecule has 0 aromatic carbocycles. The Bertz CT molecular complexity index is 152. The number of carbonyl (C=O) groups excluding carboxylic acids is 1. The maximum atomic E-state index is 11.1. The Labute approximate surface area is 78.3 Å². The van der Waals surface area contributed by atoms with Gasteiger partial charge in [0, 0.05) is 26.1 Å². The van der Waals surface area contributed by atoms with Crippen molar-refractivity contribution in [1.82, 2.24) is 5.32 Å². The predicted octanol–water partition coefficient (Wildman–Crippen LogP) is -1.30. The summed E-state index contributed by atoms with van der Waals surface area (Å²) in [6.07, 6.45) is -0.654. The quantitative estimate of drug-likeness (QED) is 0.486. The summed E-state index contributed by atoms with van der Waals surface area (Å²) < 4.78 is 4.70. The van der Waals surface area contributed by atoms with E-state index in [0.717, 1.165) is 0 Å². The Morgan fingerprint density at radius 3 is 2.77 bits per heavy atom. The van der Waals surface area contributed by atoms with Crippen molar-refractivity contribution >= 4 is 5.91 Å². The summed E-state index contributed by atoms with van der Waals surface area (Å²) in [4.78, 5) is 11.1. The molecular weight excluding hydrogens is 172 g/mol. The largest absolute Gasteiger partial charge is 0.389 e. The van der Waals surface area contributed by atoms with E-state index in [1.165, 1.54) is 7.11 Å².